The molecule has 0 saturated carbocycles. The normalized spacial score (nSPS) is 11.3. The largest absolute Gasteiger partial charge is 0.496 e. The van der Waals surface area contributed by atoms with Crippen molar-refractivity contribution in [1.29, 1.82) is 0 Å². The Morgan fingerprint density at radius 2 is 1.86 bits per heavy atom. The molecule has 0 saturated heterocycles. The van der Waals surface area contributed by atoms with E-state index in [0.717, 1.165) is 28.1 Å². The molecule has 9 heteroatoms. The van der Waals surface area contributed by atoms with Gasteiger partial charge in [-0.2, -0.15) is 5.10 Å². The number of nitrogens with zero attached hydrogens (tertiary/aromatic N) is 5. The standard InChI is InChI=1S/C26H24N6O2S/c1-19-9-11-22(12-10-19)32-25(21-13-16-27-17-14-21)30-31-26(32)35-18-24(33)29-28-15-5-7-20-6-3-4-8-23(20)34-2/h3-17H,18H2,1-2H3,(H,29,33). The molecule has 35 heavy (non-hydrogen) atoms. The van der Waals surface area contributed by atoms with Gasteiger partial charge in [0, 0.05) is 35.4 Å². The number of hydrazone groups is 1. The SMILES string of the molecule is COc1ccccc1C=CC=NNC(=O)CSc1nnc(-c2ccncc2)n1-c1ccc(C)cc1. The van der Waals surface area contributed by atoms with Gasteiger partial charge in [-0.3, -0.25) is 14.3 Å². The molecule has 0 atom stereocenters. The molecule has 0 bridgehead atoms. The third-order valence-corrected chi connectivity index (χ3v) is 5.89. The Kier molecular flexibility index (Phi) is 8.03. The highest BCUT2D eigenvalue weighted by Crippen LogP contribution is 2.27. The maximum Gasteiger partial charge on any atom is 0.250 e. The zero-order valence-electron chi connectivity index (χ0n) is 19.3. The summed E-state index contributed by atoms with van der Waals surface area (Å²) < 4.78 is 7.24. The van der Waals surface area contributed by atoms with Crippen molar-refractivity contribution < 1.29 is 9.53 Å². The quantitative estimate of drug-likeness (QED) is 0.213. The van der Waals surface area contributed by atoms with Gasteiger partial charge in [0.1, 0.15) is 5.75 Å². The molecule has 0 fully saturated rings. The lowest BCUT2D eigenvalue weighted by molar-refractivity contribution is -0.118. The highest BCUT2D eigenvalue weighted by atomic mass is 32.2. The van der Waals surface area contributed by atoms with Gasteiger partial charge in [0.2, 0.25) is 0 Å². The topological polar surface area (TPSA) is 94.3 Å². The average molecular weight is 485 g/mol. The summed E-state index contributed by atoms with van der Waals surface area (Å²) in [5.41, 5.74) is 6.40. The number of carbonyl (C=O) groups excluding carboxylic acids is 1. The Labute approximate surface area is 207 Å². The molecule has 0 aliphatic carbocycles. The summed E-state index contributed by atoms with van der Waals surface area (Å²) in [7, 11) is 1.62. The van der Waals surface area contributed by atoms with Gasteiger partial charge in [-0.05, 0) is 49.4 Å². The van der Waals surface area contributed by atoms with Crippen molar-refractivity contribution >= 4 is 30.0 Å². The molecule has 2 heterocycles. The van der Waals surface area contributed by atoms with E-state index in [1.807, 2.05) is 78.2 Å². The first kappa shape index (κ1) is 23.9. The van der Waals surface area contributed by atoms with Crippen LogP contribution in [0, 0.1) is 6.92 Å². The fraction of sp³-hybridized carbons (Fsp3) is 0.115. The van der Waals surface area contributed by atoms with Crippen molar-refractivity contribution in [2.75, 3.05) is 12.9 Å². The fourth-order valence-corrected chi connectivity index (χ4v) is 3.99. The predicted octanol–water partition coefficient (Wildman–Crippen LogP) is 4.55. The molecular weight excluding hydrogens is 460 g/mol. The van der Waals surface area contributed by atoms with Crippen LogP contribution in [0.2, 0.25) is 0 Å². The van der Waals surface area contributed by atoms with Gasteiger partial charge in [-0.15, -0.1) is 10.2 Å². The summed E-state index contributed by atoms with van der Waals surface area (Å²) in [6, 6.07) is 19.5. The molecular formula is C26H24N6O2S. The van der Waals surface area contributed by atoms with Gasteiger partial charge in [-0.1, -0.05) is 47.7 Å². The second kappa shape index (κ2) is 11.8. The number of carbonyl (C=O) groups is 1. The number of thioether (sulfide) groups is 1. The zero-order chi connectivity index (χ0) is 24.5. The van der Waals surface area contributed by atoms with Crippen LogP contribution in [0.1, 0.15) is 11.1 Å². The predicted molar refractivity (Wildman–Crippen MR) is 139 cm³/mol. The van der Waals surface area contributed by atoms with E-state index >= 15 is 0 Å². The lowest BCUT2D eigenvalue weighted by Gasteiger charge is -2.10. The molecule has 1 amide bonds. The highest BCUT2D eigenvalue weighted by molar-refractivity contribution is 7.99. The number of rotatable bonds is 9. The van der Waals surface area contributed by atoms with E-state index in [-0.39, 0.29) is 11.7 Å². The summed E-state index contributed by atoms with van der Waals surface area (Å²) in [5.74, 6) is 1.33. The number of ether oxygens (including phenoxy) is 1. The molecule has 1 N–H and O–H groups in total. The number of nitrogens with one attached hydrogen (secondary N) is 1. The van der Waals surface area contributed by atoms with E-state index in [0.29, 0.717) is 11.0 Å². The Morgan fingerprint density at radius 1 is 1.09 bits per heavy atom. The Balaban J connectivity index is 1.42. The van der Waals surface area contributed by atoms with Crippen molar-refractivity contribution in [3.63, 3.8) is 0 Å². The van der Waals surface area contributed by atoms with E-state index < -0.39 is 0 Å². The third-order valence-electron chi connectivity index (χ3n) is 4.96. The van der Waals surface area contributed by atoms with Crippen LogP contribution in [-0.4, -0.2) is 44.7 Å². The van der Waals surface area contributed by atoms with E-state index in [4.69, 9.17) is 4.74 Å². The minimum Gasteiger partial charge on any atom is -0.496 e. The van der Waals surface area contributed by atoms with Crippen molar-refractivity contribution in [2.45, 2.75) is 12.1 Å². The minimum absolute atomic E-state index is 0.133. The number of hydrogen-bond donors (Lipinski definition) is 1. The van der Waals surface area contributed by atoms with Crippen molar-refractivity contribution in [3.8, 4) is 22.8 Å². The molecule has 0 aliphatic heterocycles. The monoisotopic (exact) mass is 484 g/mol. The molecule has 2 aromatic heterocycles. The Bertz CT molecular complexity index is 1330. The maximum atomic E-state index is 12.4. The zero-order valence-corrected chi connectivity index (χ0v) is 20.1. The number of pyridine rings is 1. The number of hydrogen-bond acceptors (Lipinski definition) is 7. The number of amides is 1. The molecule has 2 aromatic carbocycles. The average Bonchev–Trinajstić information content (AvgIpc) is 3.32. The number of allylic oxidation sites excluding steroid dienone is 1. The van der Waals surface area contributed by atoms with Gasteiger partial charge in [0.15, 0.2) is 11.0 Å². The second-order valence-electron chi connectivity index (χ2n) is 7.42. The van der Waals surface area contributed by atoms with E-state index in [9.17, 15) is 4.79 Å². The molecule has 4 aromatic rings. The Hall–Kier alpha value is -4.24. The van der Waals surface area contributed by atoms with Gasteiger partial charge in [0.05, 0.1) is 12.9 Å². The van der Waals surface area contributed by atoms with Crippen LogP contribution in [-0.2, 0) is 4.79 Å². The second-order valence-corrected chi connectivity index (χ2v) is 8.36. The van der Waals surface area contributed by atoms with Crippen molar-refractivity contribution in [1.82, 2.24) is 25.2 Å². The van der Waals surface area contributed by atoms with Crippen LogP contribution in [0.25, 0.3) is 23.2 Å². The molecule has 4 rings (SSSR count). The maximum absolute atomic E-state index is 12.4. The van der Waals surface area contributed by atoms with Crippen LogP contribution in [0.5, 0.6) is 5.75 Å². The first-order valence-electron chi connectivity index (χ1n) is 10.8. The van der Waals surface area contributed by atoms with Crippen LogP contribution in [0.15, 0.2) is 89.4 Å². The van der Waals surface area contributed by atoms with Gasteiger partial charge in [-0.25, -0.2) is 5.43 Å². The Morgan fingerprint density at radius 3 is 2.63 bits per heavy atom. The molecule has 0 aliphatic rings. The number of aromatic nitrogens is 4. The van der Waals surface area contributed by atoms with Crippen LogP contribution in [0.3, 0.4) is 0 Å². The van der Waals surface area contributed by atoms with E-state index in [2.05, 4.69) is 25.7 Å². The number of para-hydroxylation sites is 1. The van der Waals surface area contributed by atoms with E-state index in [1.54, 1.807) is 25.6 Å². The van der Waals surface area contributed by atoms with Crippen LogP contribution < -0.4 is 10.2 Å². The van der Waals surface area contributed by atoms with E-state index in [1.165, 1.54) is 18.0 Å². The molecule has 0 radical (unpaired) electrons. The smallest absolute Gasteiger partial charge is 0.250 e. The molecule has 0 unspecified atom stereocenters. The first-order valence-corrected chi connectivity index (χ1v) is 11.8. The molecule has 8 nitrogen and oxygen atoms in total. The van der Waals surface area contributed by atoms with Crippen LogP contribution >= 0.6 is 11.8 Å². The summed E-state index contributed by atoms with van der Waals surface area (Å²) in [6.07, 6.45) is 8.54. The number of benzene rings is 2. The van der Waals surface area contributed by atoms with Gasteiger partial charge < -0.3 is 4.74 Å². The number of methoxy groups -OCH3 is 1. The lowest BCUT2D eigenvalue weighted by atomic mass is 10.2. The third kappa shape index (κ3) is 6.21. The van der Waals surface area contributed by atoms with Gasteiger partial charge >= 0.3 is 0 Å². The summed E-state index contributed by atoms with van der Waals surface area (Å²) in [4.78, 5) is 16.4. The minimum atomic E-state index is -0.249. The van der Waals surface area contributed by atoms with Gasteiger partial charge in [0.25, 0.3) is 5.91 Å². The van der Waals surface area contributed by atoms with Crippen molar-refractivity contribution in [2.24, 2.45) is 5.10 Å². The highest BCUT2D eigenvalue weighted by Gasteiger charge is 2.17. The first-order chi connectivity index (χ1) is 17.2. The summed E-state index contributed by atoms with van der Waals surface area (Å²) in [5, 5.41) is 13.3. The summed E-state index contributed by atoms with van der Waals surface area (Å²) in [6.45, 7) is 2.03. The molecule has 176 valence electrons. The summed E-state index contributed by atoms with van der Waals surface area (Å²) >= 11 is 1.29. The van der Waals surface area contributed by atoms with Crippen LogP contribution in [0.4, 0.5) is 0 Å². The lowest BCUT2D eigenvalue weighted by Crippen LogP contribution is -2.19. The fourth-order valence-electron chi connectivity index (χ4n) is 3.24. The number of aryl methyl sites for hydroxylation is 1. The molecule has 0 spiro atoms. The van der Waals surface area contributed by atoms with Crippen molar-refractivity contribution in [3.05, 3.63) is 90.3 Å².